The molecule has 0 unspecified atom stereocenters. The lowest BCUT2D eigenvalue weighted by molar-refractivity contribution is 0.102. The zero-order chi connectivity index (χ0) is 18.8. The Labute approximate surface area is 154 Å². The fraction of sp³-hybridized carbons (Fsp3) is 0.0476. The molecule has 0 bridgehead atoms. The Balaban J connectivity index is 1.80. The Morgan fingerprint density at radius 3 is 2.63 bits per heavy atom. The summed E-state index contributed by atoms with van der Waals surface area (Å²) in [5.41, 5.74) is 2.61. The minimum absolute atomic E-state index is 0.173. The molecule has 0 saturated heterocycles. The maximum atomic E-state index is 12.6. The predicted molar refractivity (Wildman–Crippen MR) is 103 cm³/mol. The van der Waals surface area contributed by atoms with Crippen molar-refractivity contribution in [1.82, 2.24) is 9.97 Å². The number of aromatic nitrogens is 2. The number of anilines is 1. The quantitative estimate of drug-likeness (QED) is 0.603. The molecule has 1 N–H and O–H groups in total. The molecule has 1 amide bonds. The van der Waals surface area contributed by atoms with Crippen LogP contribution in [0.4, 0.5) is 5.69 Å². The first-order valence-electron chi connectivity index (χ1n) is 8.33. The summed E-state index contributed by atoms with van der Waals surface area (Å²) in [5.74, 6) is 0.00712. The summed E-state index contributed by atoms with van der Waals surface area (Å²) >= 11 is 0. The van der Waals surface area contributed by atoms with Gasteiger partial charge in [0.15, 0.2) is 11.0 Å². The summed E-state index contributed by atoms with van der Waals surface area (Å²) in [6.07, 6.45) is 4.30. The highest BCUT2D eigenvalue weighted by atomic mass is 16.3. The summed E-state index contributed by atoms with van der Waals surface area (Å²) in [7, 11) is 0. The van der Waals surface area contributed by atoms with Crippen LogP contribution in [-0.4, -0.2) is 15.9 Å². The van der Waals surface area contributed by atoms with Gasteiger partial charge in [-0.05, 0) is 19.1 Å². The second-order valence-corrected chi connectivity index (χ2v) is 6.07. The molecule has 6 heteroatoms. The van der Waals surface area contributed by atoms with Crippen LogP contribution in [0.2, 0.25) is 0 Å². The van der Waals surface area contributed by atoms with Gasteiger partial charge < -0.3 is 9.73 Å². The van der Waals surface area contributed by atoms with Gasteiger partial charge in [0.1, 0.15) is 11.5 Å². The Morgan fingerprint density at radius 2 is 1.89 bits per heavy atom. The molecule has 132 valence electrons. The van der Waals surface area contributed by atoms with E-state index in [2.05, 4.69) is 15.3 Å². The van der Waals surface area contributed by atoms with Crippen LogP contribution in [0.3, 0.4) is 0 Å². The second-order valence-electron chi connectivity index (χ2n) is 6.07. The maximum absolute atomic E-state index is 12.6. The number of aryl methyl sites for hydroxylation is 1. The van der Waals surface area contributed by atoms with Crippen molar-refractivity contribution in [2.24, 2.45) is 0 Å². The molecule has 0 aliphatic heterocycles. The van der Waals surface area contributed by atoms with Crippen LogP contribution in [0.25, 0.3) is 22.3 Å². The summed E-state index contributed by atoms with van der Waals surface area (Å²) in [5, 5.41) is 3.13. The Bertz CT molecular complexity index is 1180. The Morgan fingerprint density at radius 1 is 1.07 bits per heavy atom. The molecule has 0 radical (unpaired) electrons. The van der Waals surface area contributed by atoms with Crippen LogP contribution in [0.5, 0.6) is 0 Å². The van der Waals surface area contributed by atoms with Gasteiger partial charge in [-0.25, -0.2) is 4.98 Å². The standard InChI is InChI=1S/C21H15N3O3/c1-13-5-7-14(8-6-13)19-11-18(25)15-3-2-4-16(20(15)27-19)24-21(26)17-12-22-9-10-23-17/h2-12H,1H3,(H,24,26). The van der Waals surface area contributed by atoms with Crippen LogP contribution >= 0.6 is 0 Å². The minimum atomic E-state index is -0.431. The van der Waals surface area contributed by atoms with Crippen molar-refractivity contribution in [2.75, 3.05) is 5.32 Å². The third kappa shape index (κ3) is 3.32. The number of amides is 1. The summed E-state index contributed by atoms with van der Waals surface area (Å²) < 4.78 is 5.99. The number of rotatable bonds is 3. The van der Waals surface area contributed by atoms with Gasteiger partial charge in [0.25, 0.3) is 5.91 Å². The molecule has 27 heavy (non-hydrogen) atoms. The highest BCUT2D eigenvalue weighted by molar-refractivity contribution is 6.06. The van der Waals surface area contributed by atoms with Gasteiger partial charge in [-0.2, -0.15) is 0 Å². The number of para-hydroxylation sites is 1. The van der Waals surface area contributed by atoms with E-state index in [4.69, 9.17) is 4.42 Å². The van der Waals surface area contributed by atoms with Crippen LogP contribution in [0, 0.1) is 6.92 Å². The molecule has 2 aromatic heterocycles. The molecular weight excluding hydrogens is 342 g/mol. The summed E-state index contributed by atoms with van der Waals surface area (Å²) in [6.45, 7) is 1.99. The SMILES string of the molecule is Cc1ccc(-c2cc(=O)c3cccc(NC(=O)c4cnccn4)c3o2)cc1. The molecule has 4 aromatic rings. The summed E-state index contributed by atoms with van der Waals surface area (Å²) in [4.78, 5) is 32.8. The lowest BCUT2D eigenvalue weighted by Crippen LogP contribution is -2.14. The van der Waals surface area contributed by atoms with Gasteiger partial charge in [0, 0.05) is 24.0 Å². The van der Waals surface area contributed by atoms with Crippen molar-refractivity contribution in [3.8, 4) is 11.3 Å². The van der Waals surface area contributed by atoms with Crippen LogP contribution in [0.15, 0.2) is 76.3 Å². The molecule has 0 fully saturated rings. The van der Waals surface area contributed by atoms with Crippen molar-refractivity contribution in [3.05, 3.63) is 88.6 Å². The number of carbonyl (C=O) groups is 1. The van der Waals surface area contributed by atoms with E-state index < -0.39 is 5.91 Å². The average molecular weight is 357 g/mol. The first-order chi connectivity index (χ1) is 13.1. The molecule has 2 aromatic carbocycles. The fourth-order valence-electron chi connectivity index (χ4n) is 2.74. The topological polar surface area (TPSA) is 85.1 Å². The summed E-state index contributed by atoms with van der Waals surface area (Å²) in [6, 6.07) is 14.2. The average Bonchev–Trinajstić information content (AvgIpc) is 2.69. The van der Waals surface area contributed by atoms with E-state index in [0.717, 1.165) is 11.1 Å². The fourth-order valence-corrected chi connectivity index (χ4v) is 2.74. The largest absolute Gasteiger partial charge is 0.454 e. The van der Waals surface area contributed by atoms with Crippen molar-refractivity contribution in [1.29, 1.82) is 0 Å². The molecule has 0 spiro atoms. The van der Waals surface area contributed by atoms with Gasteiger partial charge in [-0.1, -0.05) is 35.9 Å². The van der Waals surface area contributed by atoms with Gasteiger partial charge in [0.2, 0.25) is 0 Å². The molecular formula is C21H15N3O3. The van der Waals surface area contributed by atoms with E-state index in [9.17, 15) is 9.59 Å². The number of nitrogens with zero attached hydrogens (tertiary/aromatic N) is 2. The normalized spacial score (nSPS) is 10.7. The van der Waals surface area contributed by atoms with Crippen LogP contribution in [-0.2, 0) is 0 Å². The Kier molecular flexibility index (Phi) is 4.22. The van der Waals surface area contributed by atoms with Gasteiger partial charge >= 0.3 is 0 Å². The van der Waals surface area contributed by atoms with Crippen molar-refractivity contribution >= 4 is 22.6 Å². The van der Waals surface area contributed by atoms with Gasteiger partial charge in [0.05, 0.1) is 17.3 Å². The van der Waals surface area contributed by atoms with E-state index in [1.807, 2.05) is 31.2 Å². The van der Waals surface area contributed by atoms with E-state index in [1.165, 1.54) is 24.7 Å². The van der Waals surface area contributed by atoms with E-state index >= 15 is 0 Å². The van der Waals surface area contributed by atoms with Crippen LogP contribution in [0.1, 0.15) is 16.1 Å². The zero-order valence-corrected chi connectivity index (χ0v) is 14.5. The van der Waals surface area contributed by atoms with Crippen molar-refractivity contribution in [2.45, 2.75) is 6.92 Å². The number of carbonyl (C=O) groups excluding carboxylic acids is 1. The molecule has 0 aliphatic rings. The highest BCUT2D eigenvalue weighted by Gasteiger charge is 2.14. The molecule has 0 atom stereocenters. The second kappa shape index (κ2) is 6.84. The molecule has 0 aliphatic carbocycles. The van der Waals surface area contributed by atoms with Crippen molar-refractivity contribution in [3.63, 3.8) is 0 Å². The molecule has 2 heterocycles. The van der Waals surface area contributed by atoms with E-state index in [-0.39, 0.29) is 11.1 Å². The predicted octanol–water partition coefficient (Wildman–Crippen LogP) is 3.81. The van der Waals surface area contributed by atoms with Gasteiger partial charge in [-0.15, -0.1) is 0 Å². The van der Waals surface area contributed by atoms with Crippen molar-refractivity contribution < 1.29 is 9.21 Å². The van der Waals surface area contributed by atoms with E-state index in [0.29, 0.717) is 22.4 Å². The minimum Gasteiger partial charge on any atom is -0.454 e. The Hall–Kier alpha value is -3.80. The number of fused-ring (bicyclic) bond motifs is 1. The lowest BCUT2D eigenvalue weighted by atomic mass is 10.1. The van der Waals surface area contributed by atoms with Crippen LogP contribution < -0.4 is 10.7 Å². The molecule has 0 saturated carbocycles. The number of benzene rings is 2. The van der Waals surface area contributed by atoms with E-state index in [1.54, 1.807) is 18.2 Å². The number of hydrogen-bond donors (Lipinski definition) is 1. The third-order valence-electron chi connectivity index (χ3n) is 4.13. The first kappa shape index (κ1) is 16.7. The zero-order valence-electron chi connectivity index (χ0n) is 14.5. The third-order valence-corrected chi connectivity index (χ3v) is 4.13. The molecule has 4 rings (SSSR count). The number of nitrogens with one attached hydrogen (secondary N) is 1. The first-order valence-corrected chi connectivity index (χ1v) is 8.33. The van der Waals surface area contributed by atoms with Gasteiger partial charge in [-0.3, -0.25) is 14.6 Å². The number of hydrogen-bond acceptors (Lipinski definition) is 5. The maximum Gasteiger partial charge on any atom is 0.275 e. The highest BCUT2D eigenvalue weighted by Crippen LogP contribution is 2.27. The smallest absolute Gasteiger partial charge is 0.275 e. The monoisotopic (exact) mass is 357 g/mol. The lowest BCUT2D eigenvalue weighted by Gasteiger charge is -2.09. The molecule has 6 nitrogen and oxygen atoms in total.